The first-order chi connectivity index (χ1) is 7.59. The number of nitrogens with zero attached hydrogens (tertiary/aromatic N) is 1. The summed E-state index contributed by atoms with van der Waals surface area (Å²) in [6, 6.07) is 6.70. The molecule has 3 nitrogen and oxygen atoms in total. The molecular formula is C13H20N2O. The van der Waals surface area contributed by atoms with Gasteiger partial charge in [0, 0.05) is 25.0 Å². The number of hydrogen-bond donors (Lipinski definition) is 1. The second-order valence-electron chi connectivity index (χ2n) is 4.58. The summed E-state index contributed by atoms with van der Waals surface area (Å²) in [7, 11) is 2.11. The van der Waals surface area contributed by atoms with E-state index in [4.69, 9.17) is 10.5 Å². The Hall–Kier alpha value is -1.22. The minimum Gasteiger partial charge on any atom is -0.398 e. The molecule has 1 fully saturated rings. The number of nitrogen functional groups attached to an aromatic ring is 1. The summed E-state index contributed by atoms with van der Waals surface area (Å²) in [6.45, 7) is 5.02. The van der Waals surface area contributed by atoms with Crippen LogP contribution in [0.1, 0.15) is 18.9 Å². The van der Waals surface area contributed by atoms with Gasteiger partial charge in [0.15, 0.2) is 0 Å². The summed E-state index contributed by atoms with van der Waals surface area (Å²) >= 11 is 0. The maximum absolute atomic E-state index is 5.93. The standard InChI is InChI=1S/C13H20N2O/c1-9-4-5-11(8-12(9)14)15(3)13-6-7-16-10(13)2/h4-5,8,10,13H,6-7,14H2,1-3H3. The normalized spacial score (nSPS) is 24.7. The molecule has 1 aliphatic heterocycles. The highest BCUT2D eigenvalue weighted by atomic mass is 16.5. The number of benzene rings is 1. The van der Waals surface area contributed by atoms with Crippen LogP contribution in [0.3, 0.4) is 0 Å². The first kappa shape index (κ1) is 11.3. The molecule has 1 aromatic carbocycles. The van der Waals surface area contributed by atoms with Crippen LogP contribution >= 0.6 is 0 Å². The van der Waals surface area contributed by atoms with Gasteiger partial charge < -0.3 is 15.4 Å². The summed E-state index contributed by atoms with van der Waals surface area (Å²) < 4.78 is 5.59. The molecule has 88 valence electrons. The molecule has 1 heterocycles. The van der Waals surface area contributed by atoms with Crippen LogP contribution in [0, 0.1) is 6.92 Å². The van der Waals surface area contributed by atoms with E-state index < -0.39 is 0 Å². The number of rotatable bonds is 2. The van der Waals surface area contributed by atoms with Gasteiger partial charge in [-0.05, 0) is 38.0 Å². The summed E-state index contributed by atoms with van der Waals surface area (Å²) in [5, 5.41) is 0. The molecule has 1 saturated heterocycles. The van der Waals surface area contributed by atoms with Crippen LogP contribution in [0.5, 0.6) is 0 Å². The van der Waals surface area contributed by atoms with E-state index in [1.807, 2.05) is 13.0 Å². The molecule has 0 amide bonds. The van der Waals surface area contributed by atoms with Crippen LogP contribution in [0.2, 0.25) is 0 Å². The van der Waals surface area contributed by atoms with Crippen molar-refractivity contribution in [3.63, 3.8) is 0 Å². The molecule has 0 spiro atoms. The smallest absolute Gasteiger partial charge is 0.0750 e. The lowest BCUT2D eigenvalue weighted by Gasteiger charge is -2.29. The number of ether oxygens (including phenoxy) is 1. The Morgan fingerprint density at radius 1 is 1.44 bits per heavy atom. The minimum atomic E-state index is 0.299. The zero-order valence-electron chi connectivity index (χ0n) is 10.2. The van der Waals surface area contributed by atoms with Crippen molar-refractivity contribution in [2.24, 2.45) is 0 Å². The van der Waals surface area contributed by atoms with Crippen LogP contribution in [-0.4, -0.2) is 25.8 Å². The maximum Gasteiger partial charge on any atom is 0.0750 e. The average molecular weight is 220 g/mol. The highest BCUT2D eigenvalue weighted by Crippen LogP contribution is 2.26. The van der Waals surface area contributed by atoms with E-state index >= 15 is 0 Å². The fraction of sp³-hybridized carbons (Fsp3) is 0.538. The summed E-state index contributed by atoms with van der Waals surface area (Å²) in [5.74, 6) is 0. The Balaban J connectivity index is 2.20. The lowest BCUT2D eigenvalue weighted by atomic mass is 10.1. The quantitative estimate of drug-likeness (QED) is 0.776. The predicted molar refractivity (Wildman–Crippen MR) is 67.8 cm³/mol. The molecule has 0 saturated carbocycles. The van der Waals surface area contributed by atoms with Gasteiger partial charge in [0.05, 0.1) is 12.1 Å². The molecule has 2 rings (SSSR count). The van der Waals surface area contributed by atoms with Gasteiger partial charge in [-0.25, -0.2) is 0 Å². The predicted octanol–water partition coefficient (Wildman–Crippen LogP) is 2.19. The third kappa shape index (κ3) is 2.00. The number of aryl methyl sites for hydroxylation is 1. The third-order valence-electron chi connectivity index (χ3n) is 3.50. The molecule has 2 atom stereocenters. The van der Waals surface area contributed by atoms with Gasteiger partial charge in [0.2, 0.25) is 0 Å². The van der Waals surface area contributed by atoms with Gasteiger partial charge in [-0.3, -0.25) is 0 Å². The minimum absolute atomic E-state index is 0.299. The Labute approximate surface area is 97.2 Å². The van der Waals surface area contributed by atoms with Crippen LogP contribution in [0.25, 0.3) is 0 Å². The van der Waals surface area contributed by atoms with Gasteiger partial charge in [0.25, 0.3) is 0 Å². The highest BCUT2D eigenvalue weighted by molar-refractivity contribution is 5.60. The Morgan fingerprint density at radius 3 is 2.75 bits per heavy atom. The van der Waals surface area contributed by atoms with Gasteiger partial charge in [-0.15, -0.1) is 0 Å². The Morgan fingerprint density at radius 2 is 2.19 bits per heavy atom. The number of anilines is 2. The fourth-order valence-corrected chi connectivity index (χ4v) is 2.27. The second-order valence-corrected chi connectivity index (χ2v) is 4.58. The number of hydrogen-bond acceptors (Lipinski definition) is 3. The first-order valence-corrected chi connectivity index (χ1v) is 5.80. The van der Waals surface area contributed by atoms with E-state index in [-0.39, 0.29) is 0 Å². The van der Waals surface area contributed by atoms with Crippen LogP contribution < -0.4 is 10.6 Å². The van der Waals surface area contributed by atoms with Crippen molar-refractivity contribution in [3.8, 4) is 0 Å². The van der Waals surface area contributed by atoms with Gasteiger partial charge in [-0.1, -0.05) is 6.07 Å². The average Bonchev–Trinajstić information content (AvgIpc) is 2.67. The van der Waals surface area contributed by atoms with Crippen molar-refractivity contribution in [2.75, 3.05) is 24.3 Å². The lowest BCUT2D eigenvalue weighted by molar-refractivity contribution is 0.118. The van der Waals surface area contributed by atoms with E-state index in [2.05, 4.69) is 31.0 Å². The van der Waals surface area contributed by atoms with Crippen LogP contribution in [0.15, 0.2) is 18.2 Å². The van der Waals surface area contributed by atoms with Crippen LogP contribution in [0.4, 0.5) is 11.4 Å². The molecule has 2 unspecified atom stereocenters. The topological polar surface area (TPSA) is 38.5 Å². The van der Waals surface area contributed by atoms with E-state index in [1.165, 1.54) is 5.69 Å². The van der Waals surface area contributed by atoms with Crippen LogP contribution in [-0.2, 0) is 4.74 Å². The molecule has 0 aliphatic carbocycles. The van der Waals surface area contributed by atoms with Gasteiger partial charge in [-0.2, -0.15) is 0 Å². The molecular weight excluding hydrogens is 200 g/mol. The fourth-order valence-electron chi connectivity index (χ4n) is 2.27. The Bertz CT molecular complexity index is 378. The van der Waals surface area contributed by atoms with Gasteiger partial charge in [0.1, 0.15) is 0 Å². The molecule has 1 aromatic rings. The molecule has 0 bridgehead atoms. The maximum atomic E-state index is 5.93. The number of nitrogens with two attached hydrogens (primary N) is 1. The zero-order chi connectivity index (χ0) is 11.7. The molecule has 0 radical (unpaired) electrons. The summed E-state index contributed by atoms with van der Waals surface area (Å²) in [6.07, 6.45) is 1.39. The van der Waals surface area contributed by atoms with Crippen molar-refractivity contribution in [1.82, 2.24) is 0 Å². The first-order valence-electron chi connectivity index (χ1n) is 5.80. The van der Waals surface area contributed by atoms with Crippen molar-refractivity contribution in [1.29, 1.82) is 0 Å². The molecule has 0 aromatic heterocycles. The summed E-state index contributed by atoms with van der Waals surface area (Å²) in [5.41, 5.74) is 9.10. The zero-order valence-corrected chi connectivity index (χ0v) is 10.2. The van der Waals surface area contributed by atoms with Crippen molar-refractivity contribution < 1.29 is 4.74 Å². The summed E-state index contributed by atoms with van der Waals surface area (Å²) in [4.78, 5) is 2.27. The van der Waals surface area contributed by atoms with E-state index in [1.54, 1.807) is 0 Å². The largest absolute Gasteiger partial charge is 0.398 e. The SMILES string of the molecule is Cc1ccc(N(C)C2CCOC2C)cc1N. The number of likely N-dealkylation sites (N-methyl/N-ethyl adjacent to an activating group) is 1. The van der Waals surface area contributed by atoms with Crippen molar-refractivity contribution >= 4 is 11.4 Å². The van der Waals surface area contributed by atoms with E-state index in [0.717, 1.165) is 24.3 Å². The lowest BCUT2D eigenvalue weighted by Crippen LogP contribution is -2.36. The highest BCUT2D eigenvalue weighted by Gasteiger charge is 2.28. The second kappa shape index (κ2) is 4.34. The third-order valence-corrected chi connectivity index (χ3v) is 3.50. The van der Waals surface area contributed by atoms with E-state index in [9.17, 15) is 0 Å². The van der Waals surface area contributed by atoms with E-state index in [0.29, 0.717) is 12.1 Å². The molecule has 2 N–H and O–H groups in total. The van der Waals surface area contributed by atoms with Crippen molar-refractivity contribution in [2.45, 2.75) is 32.4 Å². The van der Waals surface area contributed by atoms with Crippen molar-refractivity contribution in [3.05, 3.63) is 23.8 Å². The monoisotopic (exact) mass is 220 g/mol. The Kier molecular flexibility index (Phi) is 3.06. The molecule has 1 aliphatic rings. The molecule has 16 heavy (non-hydrogen) atoms. The molecule has 3 heteroatoms. The van der Waals surface area contributed by atoms with Gasteiger partial charge >= 0.3 is 0 Å².